The first-order valence-corrected chi connectivity index (χ1v) is 10.9. The van der Waals surface area contributed by atoms with Crippen molar-refractivity contribution in [3.8, 4) is 0 Å². The molecule has 9 nitrogen and oxygen atoms in total. The lowest BCUT2D eigenvalue weighted by Gasteiger charge is -2.22. The topological polar surface area (TPSA) is 109 Å². The van der Waals surface area contributed by atoms with Gasteiger partial charge in [-0.25, -0.2) is 9.59 Å². The molecule has 0 saturated carbocycles. The highest BCUT2D eigenvalue weighted by Gasteiger charge is 2.21. The number of ether oxygens (including phenoxy) is 2. The molecule has 0 atom stereocenters. The molecule has 9 heteroatoms. The van der Waals surface area contributed by atoms with Gasteiger partial charge in [-0.2, -0.15) is 0 Å². The Balaban J connectivity index is 3.03. The van der Waals surface area contributed by atoms with E-state index in [9.17, 15) is 14.4 Å². The van der Waals surface area contributed by atoms with Gasteiger partial charge in [0.1, 0.15) is 11.2 Å². The molecule has 1 aromatic rings. The number of carbonyl (C=O) groups is 3. The molecule has 0 aliphatic rings. The lowest BCUT2D eigenvalue weighted by atomic mass is 10.1. The summed E-state index contributed by atoms with van der Waals surface area (Å²) >= 11 is 0. The molecule has 32 heavy (non-hydrogen) atoms. The lowest BCUT2D eigenvalue weighted by molar-refractivity contribution is 0.0620. The molecule has 0 saturated heterocycles. The van der Waals surface area contributed by atoms with Gasteiger partial charge in [0.15, 0.2) is 0 Å². The van der Waals surface area contributed by atoms with Crippen molar-refractivity contribution in [3.63, 3.8) is 0 Å². The van der Waals surface area contributed by atoms with Crippen molar-refractivity contribution >= 4 is 29.5 Å². The van der Waals surface area contributed by atoms with E-state index in [1.165, 1.54) is 12.1 Å². The van der Waals surface area contributed by atoms with E-state index < -0.39 is 23.4 Å². The summed E-state index contributed by atoms with van der Waals surface area (Å²) in [6, 6.07) is 4.60. The first-order valence-electron chi connectivity index (χ1n) is 10.9. The van der Waals surface area contributed by atoms with Gasteiger partial charge in [0.2, 0.25) is 0 Å². The summed E-state index contributed by atoms with van der Waals surface area (Å²) in [4.78, 5) is 39.3. The minimum absolute atomic E-state index is 0.224. The second-order valence-corrected chi connectivity index (χ2v) is 9.30. The first-order chi connectivity index (χ1) is 14.7. The summed E-state index contributed by atoms with van der Waals surface area (Å²) in [5.41, 5.74) is -0.549. The number of rotatable bonds is 8. The number of hydrogen-bond acceptors (Lipinski definition) is 6. The van der Waals surface area contributed by atoms with Crippen LogP contribution in [0.5, 0.6) is 0 Å². The van der Waals surface area contributed by atoms with Crippen molar-refractivity contribution in [2.24, 2.45) is 0 Å². The highest BCUT2D eigenvalue weighted by molar-refractivity contribution is 6.00. The minimum atomic E-state index is -0.706. The fraction of sp³-hybridized carbons (Fsp3) is 0.609. The van der Waals surface area contributed by atoms with Crippen molar-refractivity contribution in [2.75, 3.05) is 36.8 Å². The molecule has 1 rings (SSSR count). The Morgan fingerprint density at radius 1 is 0.844 bits per heavy atom. The Morgan fingerprint density at radius 2 is 1.34 bits per heavy atom. The van der Waals surface area contributed by atoms with Crippen LogP contribution >= 0.6 is 0 Å². The average molecular weight is 451 g/mol. The molecule has 0 radical (unpaired) electrons. The fourth-order valence-corrected chi connectivity index (χ4v) is 2.69. The number of benzene rings is 1. The Hall–Kier alpha value is -2.81. The number of likely N-dealkylation sites (N-methyl/N-ethyl adjacent to an activating group) is 1. The molecular weight excluding hydrogens is 412 g/mol. The van der Waals surface area contributed by atoms with Gasteiger partial charge in [0, 0.05) is 18.7 Å². The monoisotopic (exact) mass is 450 g/mol. The molecule has 0 spiro atoms. The number of amides is 3. The molecule has 3 amide bonds. The van der Waals surface area contributed by atoms with E-state index in [0.717, 1.165) is 19.6 Å². The van der Waals surface area contributed by atoms with Gasteiger partial charge >= 0.3 is 12.2 Å². The van der Waals surface area contributed by atoms with Crippen LogP contribution in [0.4, 0.5) is 21.0 Å². The molecule has 0 fully saturated rings. The summed E-state index contributed by atoms with van der Waals surface area (Å²) in [6.07, 6.45) is -1.38. The predicted molar refractivity (Wildman–Crippen MR) is 126 cm³/mol. The van der Waals surface area contributed by atoms with Crippen LogP contribution in [0.2, 0.25) is 0 Å². The molecular formula is C23H38N4O5. The number of anilines is 2. The van der Waals surface area contributed by atoms with E-state index in [0.29, 0.717) is 12.1 Å². The van der Waals surface area contributed by atoms with E-state index in [1.54, 1.807) is 47.6 Å². The number of nitrogens with one attached hydrogen (secondary N) is 3. The molecule has 180 valence electrons. The van der Waals surface area contributed by atoms with Gasteiger partial charge in [-0.05, 0) is 72.8 Å². The van der Waals surface area contributed by atoms with Crippen LogP contribution in [0.15, 0.2) is 18.2 Å². The largest absolute Gasteiger partial charge is 0.444 e. The van der Waals surface area contributed by atoms with Crippen molar-refractivity contribution in [1.82, 2.24) is 10.2 Å². The second kappa shape index (κ2) is 11.7. The maximum atomic E-state index is 12.6. The number of carbonyl (C=O) groups excluding carboxylic acids is 3. The zero-order valence-electron chi connectivity index (χ0n) is 20.5. The van der Waals surface area contributed by atoms with Crippen molar-refractivity contribution in [2.45, 2.75) is 66.6 Å². The standard InChI is InChI=1S/C23H38N4O5/c1-9-27(10-2)14-13-24-19(28)16-11-12-17(25-20(29)31-22(3,4)5)18(15-16)26-21(30)32-23(6,7)8/h11-12,15H,9-10,13-14H2,1-8H3,(H,24,28)(H,25,29)(H,26,30). The minimum Gasteiger partial charge on any atom is -0.444 e. The third kappa shape index (κ3) is 10.5. The first kappa shape index (κ1) is 27.2. The van der Waals surface area contributed by atoms with Crippen LogP contribution in [0.25, 0.3) is 0 Å². The summed E-state index contributed by atoms with van der Waals surface area (Å²) < 4.78 is 10.6. The van der Waals surface area contributed by atoms with E-state index in [1.807, 2.05) is 0 Å². The van der Waals surface area contributed by atoms with Crippen LogP contribution in [0, 0.1) is 0 Å². The molecule has 0 aliphatic carbocycles. The van der Waals surface area contributed by atoms with Crippen LogP contribution in [-0.2, 0) is 9.47 Å². The Kier molecular flexibility index (Phi) is 9.96. The van der Waals surface area contributed by atoms with Crippen molar-refractivity contribution < 1.29 is 23.9 Å². The predicted octanol–water partition coefficient (Wildman–Crippen LogP) is 4.45. The van der Waals surface area contributed by atoms with E-state index >= 15 is 0 Å². The smallest absolute Gasteiger partial charge is 0.412 e. The lowest BCUT2D eigenvalue weighted by Crippen LogP contribution is -2.34. The molecule has 0 heterocycles. The summed E-state index contributed by atoms with van der Waals surface area (Å²) in [7, 11) is 0. The third-order valence-electron chi connectivity index (χ3n) is 4.16. The average Bonchev–Trinajstić information content (AvgIpc) is 2.63. The maximum Gasteiger partial charge on any atom is 0.412 e. The molecule has 0 aliphatic heterocycles. The van der Waals surface area contributed by atoms with Crippen LogP contribution in [-0.4, -0.2) is 60.4 Å². The number of hydrogen-bond donors (Lipinski definition) is 3. The van der Waals surface area contributed by atoms with E-state index in [-0.39, 0.29) is 17.3 Å². The maximum absolute atomic E-state index is 12.6. The summed E-state index contributed by atoms with van der Waals surface area (Å²) in [5, 5.41) is 8.08. The molecule has 3 N–H and O–H groups in total. The third-order valence-corrected chi connectivity index (χ3v) is 4.16. The normalized spacial score (nSPS) is 11.7. The second-order valence-electron chi connectivity index (χ2n) is 9.30. The van der Waals surface area contributed by atoms with Gasteiger partial charge in [0.05, 0.1) is 11.4 Å². The van der Waals surface area contributed by atoms with Gasteiger partial charge in [-0.15, -0.1) is 0 Å². The van der Waals surface area contributed by atoms with E-state index in [4.69, 9.17) is 9.47 Å². The quantitative estimate of drug-likeness (QED) is 0.540. The zero-order chi connectivity index (χ0) is 24.5. The summed E-state index contributed by atoms with van der Waals surface area (Å²) in [5.74, 6) is -0.284. The van der Waals surface area contributed by atoms with Gasteiger partial charge in [-0.3, -0.25) is 15.4 Å². The highest BCUT2D eigenvalue weighted by atomic mass is 16.6. The molecule has 1 aromatic carbocycles. The van der Waals surface area contributed by atoms with Crippen LogP contribution in [0.3, 0.4) is 0 Å². The molecule has 0 aromatic heterocycles. The summed E-state index contributed by atoms with van der Waals surface area (Å²) in [6.45, 7) is 17.6. The van der Waals surface area contributed by atoms with Crippen molar-refractivity contribution in [3.05, 3.63) is 23.8 Å². The van der Waals surface area contributed by atoms with Crippen LogP contribution in [0.1, 0.15) is 65.7 Å². The highest BCUT2D eigenvalue weighted by Crippen LogP contribution is 2.25. The Bertz CT molecular complexity index is 793. The molecule has 0 bridgehead atoms. The van der Waals surface area contributed by atoms with Crippen LogP contribution < -0.4 is 16.0 Å². The van der Waals surface area contributed by atoms with Crippen molar-refractivity contribution in [1.29, 1.82) is 0 Å². The zero-order valence-corrected chi connectivity index (χ0v) is 20.5. The number of nitrogens with zero attached hydrogens (tertiary/aromatic N) is 1. The SMILES string of the molecule is CCN(CC)CCNC(=O)c1ccc(NC(=O)OC(C)(C)C)c(NC(=O)OC(C)(C)C)c1. The van der Waals surface area contributed by atoms with Gasteiger partial charge in [0.25, 0.3) is 5.91 Å². The van der Waals surface area contributed by atoms with Gasteiger partial charge in [-0.1, -0.05) is 13.8 Å². The van der Waals surface area contributed by atoms with Gasteiger partial charge < -0.3 is 19.7 Å². The Morgan fingerprint density at radius 3 is 1.81 bits per heavy atom. The van der Waals surface area contributed by atoms with E-state index in [2.05, 4.69) is 34.7 Å². The molecule has 0 unspecified atom stereocenters. The fourth-order valence-electron chi connectivity index (χ4n) is 2.69. The Labute approximate surface area is 191 Å².